The van der Waals surface area contributed by atoms with Crippen LogP contribution in [-0.4, -0.2) is 0 Å². The summed E-state index contributed by atoms with van der Waals surface area (Å²) in [6, 6.07) is 4.85. The van der Waals surface area contributed by atoms with Crippen LogP contribution in [0.15, 0.2) is 16.8 Å². The number of aryl methyl sites for hydroxylation is 1. The van der Waals surface area contributed by atoms with Gasteiger partial charge in [-0.05, 0) is 72.2 Å². The second kappa shape index (κ2) is 5.67. The topological polar surface area (TPSA) is 23.8 Å². The Labute approximate surface area is 121 Å². The van der Waals surface area contributed by atoms with E-state index >= 15 is 0 Å². The molecule has 1 aliphatic carbocycles. The van der Waals surface area contributed by atoms with Gasteiger partial charge in [-0.25, -0.2) is 0 Å². The Morgan fingerprint density at radius 1 is 1.37 bits per heavy atom. The van der Waals surface area contributed by atoms with Crippen LogP contribution in [0.2, 0.25) is 0 Å². The lowest BCUT2D eigenvalue weighted by molar-refractivity contribution is 0.115. The van der Waals surface area contributed by atoms with E-state index in [4.69, 9.17) is 0 Å². The molecule has 104 valence electrons. The monoisotopic (exact) mass is 275 g/mol. The van der Waals surface area contributed by atoms with E-state index in [9.17, 15) is 5.26 Å². The first-order valence-electron chi connectivity index (χ1n) is 7.38. The van der Waals surface area contributed by atoms with Crippen molar-refractivity contribution in [2.24, 2.45) is 16.7 Å². The highest BCUT2D eigenvalue weighted by Crippen LogP contribution is 2.47. The summed E-state index contributed by atoms with van der Waals surface area (Å²) in [5.74, 6) is 0.787. The highest BCUT2D eigenvalue weighted by Gasteiger charge is 2.38. The van der Waals surface area contributed by atoms with Gasteiger partial charge in [0.05, 0.1) is 11.5 Å². The molecular formula is C17H25NS. The van der Waals surface area contributed by atoms with Crippen molar-refractivity contribution in [1.29, 1.82) is 5.26 Å². The lowest BCUT2D eigenvalue weighted by Crippen LogP contribution is -2.32. The molecule has 1 saturated carbocycles. The van der Waals surface area contributed by atoms with E-state index in [1.54, 1.807) is 11.3 Å². The minimum atomic E-state index is -0.0519. The third-order valence-corrected chi connectivity index (χ3v) is 5.61. The molecule has 19 heavy (non-hydrogen) atoms. The molecule has 1 aromatic rings. The quantitative estimate of drug-likeness (QED) is 0.722. The van der Waals surface area contributed by atoms with Crippen molar-refractivity contribution in [3.8, 4) is 6.07 Å². The SMILES string of the molecule is CC(C)(C)C1CCC(C#N)(CCc2ccsc2)CC1. The molecular weight excluding hydrogens is 250 g/mol. The summed E-state index contributed by atoms with van der Waals surface area (Å²) in [7, 11) is 0. The van der Waals surface area contributed by atoms with Crippen LogP contribution in [0.4, 0.5) is 0 Å². The van der Waals surface area contributed by atoms with Gasteiger partial charge in [-0.3, -0.25) is 0 Å². The number of nitriles is 1. The van der Waals surface area contributed by atoms with Crippen molar-refractivity contribution in [2.75, 3.05) is 0 Å². The van der Waals surface area contributed by atoms with Crippen LogP contribution in [0.3, 0.4) is 0 Å². The molecule has 0 bridgehead atoms. The molecule has 0 radical (unpaired) electrons. The minimum absolute atomic E-state index is 0.0519. The normalized spacial score (nSPS) is 28.0. The Kier molecular flexibility index (Phi) is 4.36. The predicted molar refractivity (Wildman–Crippen MR) is 82.1 cm³/mol. The number of hydrogen-bond donors (Lipinski definition) is 0. The molecule has 1 fully saturated rings. The molecule has 2 rings (SSSR count). The van der Waals surface area contributed by atoms with Gasteiger partial charge >= 0.3 is 0 Å². The predicted octanol–water partition coefficient (Wildman–Crippen LogP) is 5.43. The average molecular weight is 275 g/mol. The van der Waals surface area contributed by atoms with Crippen molar-refractivity contribution in [3.63, 3.8) is 0 Å². The summed E-state index contributed by atoms with van der Waals surface area (Å²) >= 11 is 1.75. The Morgan fingerprint density at radius 2 is 2.05 bits per heavy atom. The largest absolute Gasteiger partial charge is 0.198 e. The third kappa shape index (κ3) is 3.60. The van der Waals surface area contributed by atoms with Crippen LogP contribution in [0, 0.1) is 28.1 Å². The number of rotatable bonds is 3. The van der Waals surface area contributed by atoms with E-state index in [2.05, 4.69) is 43.7 Å². The molecule has 0 aliphatic heterocycles. The third-order valence-electron chi connectivity index (χ3n) is 4.88. The zero-order valence-electron chi connectivity index (χ0n) is 12.4. The lowest BCUT2D eigenvalue weighted by Gasteiger charge is -2.40. The fourth-order valence-corrected chi connectivity index (χ4v) is 3.98. The maximum atomic E-state index is 9.61. The standard InChI is InChI=1S/C17H25NS/c1-16(2,3)15-5-9-17(13-18,10-6-15)8-4-14-7-11-19-12-14/h7,11-12,15H,4-6,8-10H2,1-3H3. The highest BCUT2D eigenvalue weighted by atomic mass is 32.1. The Bertz CT molecular complexity index is 425. The molecule has 0 saturated heterocycles. The molecule has 1 nitrogen and oxygen atoms in total. The van der Waals surface area contributed by atoms with Crippen molar-refractivity contribution in [2.45, 2.75) is 59.3 Å². The van der Waals surface area contributed by atoms with Crippen molar-refractivity contribution in [1.82, 2.24) is 0 Å². The van der Waals surface area contributed by atoms with Crippen LogP contribution >= 0.6 is 11.3 Å². The molecule has 2 heteroatoms. The summed E-state index contributed by atoms with van der Waals surface area (Å²) in [6.45, 7) is 7.01. The maximum Gasteiger partial charge on any atom is 0.0689 e. The van der Waals surface area contributed by atoms with Gasteiger partial charge in [0.2, 0.25) is 0 Å². The van der Waals surface area contributed by atoms with Crippen molar-refractivity contribution < 1.29 is 0 Å². The van der Waals surface area contributed by atoms with Gasteiger partial charge in [-0.15, -0.1) is 0 Å². The minimum Gasteiger partial charge on any atom is -0.198 e. The fourth-order valence-electron chi connectivity index (χ4n) is 3.27. The van der Waals surface area contributed by atoms with Crippen molar-refractivity contribution >= 4 is 11.3 Å². The first-order valence-corrected chi connectivity index (χ1v) is 8.32. The van der Waals surface area contributed by atoms with E-state index in [1.165, 1.54) is 18.4 Å². The van der Waals surface area contributed by atoms with E-state index < -0.39 is 0 Å². The zero-order chi connectivity index (χ0) is 13.9. The van der Waals surface area contributed by atoms with E-state index in [0.29, 0.717) is 5.41 Å². The van der Waals surface area contributed by atoms with E-state index in [0.717, 1.165) is 31.6 Å². The smallest absolute Gasteiger partial charge is 0.0689 e. The van der Waals surface area contributed by atoms with Crippen LogP contribution in [0.5, 0.6) is 0 Å². The molecule has 0 unspecified atom stereocenters. The summed E-state index contributed by atoms with van der Waals surface area (Å²) in [5, 5.41) is 14.0. The average Bonchev–Trinajstić information content (AvgIpc) is 2.89. The summed E-state index contributed by atoms with van der Waals surface area (Å²) in [6.07, 6.45) is 6.74. The van der Waals surface area contributed by atoms with E-state index in [1.807, 2.05) is 0 Å². The molecule has 1 aromatic heterocycles. The van der Waals surface area contributed by atoms with Gasteiger partial charge in [0.25, 0.3) is 0 Å². The zero-order valence-corrected chi connectivity index (χ0v) is 13.2. The molecule has 0 atom stereocenters. The molecule has 0 spiro atoms. The van der Waals surface area contributed by atoms with Crippen LogP contribution in [-0.2, 0) is 6.42 Å². The Morgan fingerprint density at radius 3 is 2.53 bits per heavy atom. The van der Waals surface area contributed by atoms with Crippen LogP contribution in [0.25, 0.3) is 0 Å². The summed E-state index contributed by atoms with van der Waals surface area (Å²) in [5.41, 5.74) is 1.75. The van der Waals surface area contributed by atoms with Gasteiger partial charge in [0.15, 0.2) is 0 Å². The second-order valence-electron chi connectivity index (χ2n) is 7.16. The highest BCUT2D eigenvalue weighted by molar-refractivity contribution is 7.07. The van der Waals surface area contributed by atoms with Crippen molar-refractivity contribution in [3.05, 3.63) is 22.4 Å². The van der Waals surface area contributed by atoms with Gasteiger partial charge < -0.3 is 0 Å². The van der Waals surface area contributed by atoms with Gasteiger partial charge in [-0.2, -0.15) is 16.6 Å². The first-order chi connectivity index (χ1) is 8.95. The number of hydrogen-bond acceptors (Lipinski definition) is 2. The number of thiophene rings is 1. The molecule has 1 heterocycles. The van der Waals surface area contributed by atoms with Crippen LogP contribution in [0.1, 0.15) is 58.4 Å². The fraction of sp³-hybridized carbons (Fsp3) is 0.706. The Balaban J connectivity index is 1.93. The van der Waals surface area contributed by atoms with Gasteiger partial charge in [-0.1, -0.05) is 20.8 Å². The van der Waals surface area contributed by atoms with Gasteiger partial charge in [0, 0.05) is 0 Å². The summed E-state index contributed by atoms with van der Waals surface area (Å²) < 4.78 is 0. The molecule has 0 N–H and O–H groups in total. The molecule has 0 amide bonds. The Hall–Kier alpha value is -0.810. The van der Waals surface area contributed by atoms with E-state index in [-0.39, 0.29) is 5.41 Å². The maximum absolute atomic E-state index is 9.61. The summed E-state index contributed by atoms with van der Waals surface area (Å²) in [4.78, 5) is 0. The lowest BCUT2D eigenvalue weighted by atomic mass is 9.63. The van der Waals surface area contributed by atoms with Crippen LogP contribution < -0.4 is 0 Å². The number of nitrogens with zero attached hydrogens (tertiary/aromatic N) is 1. The molecule has 1 aliphatic rings. The van der Waals surface area contributed by atoms with Gasteiger partial charge in [0.1, 0.15) is 0 Å². The molecule has 0 aromatic carbocycles. The first kappa shape index (κ1) is 14.6. The second-order valence-corrected chi connectivity index (χ2v) is 7.94.